The van der Waals surface area contributed by atoms with E-state index in [-0.39, 0.29) is 12.0 Å². The average Bonchev–Trinajstić information content (AvgIpc) is 2.54. The average molecular weight is 284 g/mol. The summed E-state index contributed by atoms with van der Waals surface area (Å²) in [4.78, 5) is 0. The molecule has 110 valence electrons. The van der Waals surface area contributed by atoms with Crippen molar-refractivity contribution >= 4 is 12.6 Å². The van der Waals surface area contributed by atoms with E-state index >= 15 is 0 Å². The normalized spacial score (nSPS) is 11.4. The molecule has 0 saturated carbocycles. The maximum absolute atomic E-state index is 10.0. The van der Waals surface area contributed by atoms with Gasteiger partial charge in [-0.2, -0.15) is 0 Å². The van der Waals surface area contributed by atoms with E-state index in [9.17, 15) is 10.1 Å². The van der Waals surface area contributed by atoms with Gasteiger partial charge in [-0.25, -0.2) is 0 Å². The van der Waals surface area contributed by atoms with E-state index in [4.69, 9.17) is 4.65 Å². The first-order valence-electron chi connectivity index (χ1n) is 7.08. The first-order chi connectivity index (χ1) is 10.0. The molecule has 0 amide bonds. The van der Waals surface area contributed by atoms with E-state index in [0.29, 0.717) is 12.1 Å². The SMILES string of the molecule is CC(C)(CO)COB(O)c1ccc(-c2ccccc2)cc1. The Kier molecular flexibility index (Phi) is 5.18. The number of aliphatic hydroxyl groups excluding tert-OH is 1. The summed E-state index contributed by atoms with van der Waals surface area (Å²) in [7, 11) is -0.972. The van der Waals surface area contributed by atoms with Gasteiger partial charge in [-0.1, -0.05) is 68.4 Å². The first kappa shape index (κ1) is 15.8. The van der Waals surface area contributed by atoms with Crippen LogP contribution < -0.4 is 5.46 Å². The van der Waals surface area contributed by atoms with Crippen LogP contribution in [0.1, 0.15) is 13.8 Å². The van der Waals surface area contributed by atoms with E-state index in [1.54, 1.807) is 0 Å². The van der Waals surface area contributed by atoms with Gasteiger partial charge < -0.3 is 14.8 Å². The second-order valence-corrected chi connectivity index (χ2v) is 5.97. The summed E-state index contributed by atoms with van der Waals surface area (Å²) in [5.41, 5.74) is 2.59. The van der Waals surface area contributed by atoms with Crippen LogP contribution in [0, 0.1) is 5.41 Å². The lowest BCUT2D eigenvalue weighted by molar-refractivity contribution is 0.0886. The molecule has 0 radical (unpaired) electrons. The molecule has 4 heteroatoms. The fraction of sp³-hybridized carbons (Fsp3) is 0.294. The molecule has 0 aliphatic heterocycles. The Hall–Kier alpha value is -1.62. The predicted molar refractivity (Wildman–Crippen MR) is 86.3 cm³/mol. The summed E-state index contributed by atoms with van der Waals surface area (Å²) < 4.78 is 5.42. The molecule has 0 aliphatic rings. The maximum Gasteiger partial charge on any atom is 0.491 e. The molecule has 0 saturated heterocycles. The number of rotatable bonds is 6. The number of aliphatic hydroxyl groups is 1. The van der Waals surface area contributed by atoms with Gasteiger partial charge in [0, 0.05) is 12.0 Å². The molecule has 2 rings (SSSR count). The van der Waals surface area contributed by atoms with Gasteiger partial charge in [0.1, 0.15) is 0 Å². The van der Waals surface area contributed by atoms with E-state index in [1.807, 2.05) is 68.4 Å². The monoisotopic (exact) mass is 284 g/mol. The molecule has 0 spiro atoms. The molecular formula is C17H21BO3. The van der Waals surface area contributed by atoms with Crippen molar-refractivity contribution < 1.29 is 14.8 Å². The minimum atomic E-state index is -0.972. The van der Waals surface area contributed by atoms with Gasteiger partial charge >= 0.3 is 7.12 Å². The van der Waals surface area contributed by atoms with Crippen molar-refractivity contribution in [3.8, 4) is 11.1 Å². The summed E-state index contributed by atoms with van der Waals surface area (Å²) in [6.07, 6.45) is 0. The lowest BCUT2D eigenvalue weighted by Gasteiger charge is -2.22. The molecular weight excluding hydrogens is 263 g/mol. The Balaban J connectivity index is 2.02. The van der Waals surface area contributed by atoms with Crippen LogP contribution in [0.5, 0.6) is 0 Å². The van der Waals surface area contributed by atoms with Gasteiger partial charge in [0.2, 0.25) is 0 Å². The third kappa shape index (κ3) is 4.43. The molecule has 0 bridgehead atoms. The Labute approximate surface area is 126 Å². The number of benzene rings is 2. The van der Waals surface area contributed by atoms with Gasteiger partial charge in [0.25, 0.3) is 0 Å². The Morgan fingerprint density at radius 1 is 0.952 bits per heavy atom. The van der Waals surface area contributed by atoms with Crippen LogP contribution in [-0.4, -0.2) is 30.5 Å². The van der Waals surface area contributed by atoms with Crippen molar-refractivity contribution in [1.82, 2.24) is 0 Å². The van der Waals surface area contributed by atoms with Crippen LogP contribution >= 0.6 is 0 Å². The summed E-state index contributed by atoms with van der Waals surface area (Å²) in [6.45, 7) is 4.09. The van der Waals surface area contributed by atoms with E-state index < -0.39 is 7.12 Å². The smallest absolute Gasteiger partial charge is 0.423 e. The molecule has 2 N–H and O–H groups in total. The molecule has 3 nitrogen and oxygen atoms in total. The highest BCUT2D eigenvalue weighted by molar-refractivity contribution is 6.59. The summed E-state index contributed by atoms with van der Waals surface area (Å²) >= 11 is 0. The second kappa shape index (κ2) is 6.90. The van der Waals surface area contributed by atoms with Crippen LogP contribution in [0.4, 0.5) is 0 Å². The zero-order valence-electron chi connectivity index (χ0n) is 12.5. The van der Waals surface area contributed by atoms with Gasteiger partial charge in [-0.05, 0) is 16.6 Å². The maximum atomic E-state index is 10.0. The molecule has 21 heavy (non-hydrogen) atoms. The standard InChI is InChI=1S/C17H21BO3/c1-17(2,12-19)13-21-18(20)16-10-8-15(9-11-16)14-6-4-3-5-7-14/h3-11,19-20H,12-13H2,1-2H3. The Morgan fingerprint density at radius 2 is 1.52 bits per heavy atom. The van der Waals surface area contributed by atoms with Crippen LogP contribution in [0.15, 0.2) is 54.6 Å². The molecule has 0 aliphatic carbocycles. The van der Waals surface area contributed by atoms with E-state index in [2.05, 4.69) is 0 Å². The predicted octanol–water partition coefficient (Wildman–Crippen LogP) is 2.08. The van der Waals surface area contributed by atoms with E-state index in [0.717, 1.165) is 11.1 Å². The molecule has 0 heterocycles. The van der Waals surface area contributed by atoms with Gasteiger partial charge in [-0.3, -0.25) is 0 Å². The molecule has 2 aromatic carbocycles. The topological polar surface area (TPSA) is 49.7 Å². The van der Waals surface area contributed by atoms with Crippen LogP contribution in [0.2, 0.25) is 0 Å². The van der Waals surface area contributed by atoms with Crippen LogP contribution in [-0.2, 0) is 4.65 Å². The molecule has 0 fully saturated rings. The van der Waals surface area contributed by atoms with Crippen molar-refractivity contribution in [1.29, 1.82) is 0 Å². The highest BCUT2D eigenvalue weighted by atomic mass is 16.5. The molecule has 0 atom stereocenters. The fourth-order valence-corrected chi connectivity index (χ4v) is 1.92. The fourth-order valence-electron chi connectivity index (χ4n) is 1.92. The quantitative estimate of drug-likeness (QED) is 0.798. The van der Waals surface area contributed by atoms with Crippen molar-refractivity contribution in [2.45, 2.75) is 13.8 Å². The van der Waals surface area contributed by atoms with Crippen molar-refractivity contribution in [2.24, 2.45) is 5.41 Å². The molecule has 0 aromatic heterocycles. The van der Waals surface area contributed by atoms with Crippen LogP contribution in [0.25, 0.3) is 11.1 Å². The minimum Gasteiger partial charge on any atom is -0.423 e. The minimum absolute atomic E-state index is 0.0205. The first-order valence-corrected chi connectivity index (χ1v) is 7.08. The highest BCUT2D eigenvalue weighted by Crippen LogP contribution is 2.17. The lowest BCUT2D eigenvalue weighted by Crippen LogP contribution is -2.37. The molecule has 2 aromatic rings. The Morgan fingerprint density at radius 3 is 2.10 bits per heavy atom. The summed E-state index contributed by atoms with van der Waals surface area (Å²) in [6, 6.07) is 17.7. The van der Waals surface area contributed by atoms with E-state index in [1.165, 1.54) is 0 Å². The zero-order chi connectivity index (χ0) is 15.3. The van der Waals surface area contributed by atoms with Gasteiger partial charge in [0.15, 0.2) is 0 Å². The third-order valence-corrected chi connectivity index (χ3v) is 3.36. The van der Waals surface area contributed by atoms with Crippen molar-refractivity contribution in [3.05, 3.63) is 54.6 Å². The van der Waals surface area contributed by atoms with Gasteiger partial charge in [-0.15, -0.1) is 0 Å². The summed E-state index contributed by atoms with van der Waals surface area (Å²) in [5.74, 6) is 0. The second-order valence-electron chi connectivity index (χ2n) is 5.97. The highest BCUT2D eigenvalue weighted by Gasteiger charge is 2.23. The number of hydrogen-bond donors (Lipinski definition) is 2. The van der Waals surface area contributed by atoms with Crippen molar-refractivity contribution in [2.75, 3.05) is 13.2 Å². The molecule has 0 unspecified atom stereocenters. The summed E-state index contributed by atoms with van der Waals surface area (Å²) in [5, 5.41) is 19.2. The zero-order valence-corrected chi connectivity index (χ0v) is 12.5. The largest absolute Gasteiger partial charge is 0.491 e. The lowest BCUT2D eigenvalue weighted by atomic mass is 9.78. The van der Waals surface area contributed by atoms with Gasteiger partial charge in [0.05, 0.1) is 6.61 Å². The van der Waals surface area contributed by atoms with Crippen molar-refractivity contribution in [3.63, 3.8) is 0 Å². The third-order valence-electron chi connectivity index (χ3n) is 3.36. The number of hydrogen-bond acceptors (Lipinski definition) is 3. The Bertz CT molecular complexity index is 552. The van der Waals surface area contributed by atoms with Crippen LogP contribution in [0.3, 0.4) is 0 Å².